The van der Waals surface area contributed by atoms with Crippen molar-refractivity contribution in [1.82, 2.24) is 15.2 Å². The van der Waals surface area contributed by atoms with E-state index in [1.165, 1.54) is 5.69 Å². The number of amides is 1. The van der Waals surface area contributed by atoms with Crippen LogP contribution < -0.4 is 10.2 Å². The molecule has 1 aliphatic heterocycles. The standard InChI is InChI=1S/C26H32N4OS2/c1-21-28-23(19-32-21)20-33-25-11-9-22(10-12-25)26(31)27-13-5-6-14-29-15-17-30(18-16-29)24-7-3-2-4-8-24/h2-4,7-12,19H,5-6,13-18,20H2,1H3,(H,27,31). The minimum absolute atomic E-state index is 0.0122. The van der Waals surface area contributed by atoms with Crippen LogP contribution in [0.2, 0.25) is 0 Å². The van der Waals surface area contributed by atoms with Crippen LogP contribution in [-0.4, -0.2) is 55.1 Å². The molecule has 1 fully saturated rings. The van der Waals surface area contributed by atoms with Crippen LogP contribution in [0.15, 0.2) is 64.9 Å². The number of nitrogens with zero attached hydrogens (tertiary/aromatic N) is 3. The summed E-state index contributed by atoms with van der Waals surface area (Å²) in [7, 11) is 0. The summed E-state index contributed by atoms with van der Waals surface area (Å²) in [5, 5.41) is 6.27. The zero-order valence-corrected chi connectivity index (χ0v) is 20.8. The van der Waals surface area contributed by atoms with E-state index in [1.54, 1.807) is 23.1 Å². The van der Waals surface area contributed by atoms with Crippen molar-refractivity contribution in [3.8, 4) is 0 Å². The molecule has 1 saturated heterocycles. The molecule has 1 aliphatic rings. The maximum Gasteiger partial charge on any atom is 0.251 e. The van der Waals surface area contributed by atoms with Gasteiger partial charge in [0.25, 0.3) is 5.91 Å². The Kier molecular flexibility index (Phi) is 8.80. The summed E-state index contributed by atoms with van der Waals surface area (Å²) in [6.45, 7) is 8.23. The van der Waals surface area contributed by atoms with E-state index in [9.17, 15) is 4.79 Å². The molecular formula is C26H32N4OS2. The third kappa shape index (κ3) is 7.32. The molecule has 5 nitrogen and oxygen atoms in total. The normalized spacial score (nSPS) is 14.4. The number of carbonyl (C=O) groups is 1. The Bertz CT molecular complexity index is 999. The quantitative estimate of drug-likeness (QED) is 0.324. The first kappa shape index (κ1) is 23.8. The van der Waals surface area contributed by atoms with Crippen LogP contribution in [0.4, 0.5) is 5.69 Å². The fourth-order valence-electron chi connectivity index (χ4n) is 3.97. The van der Waals surface area contributed by atoms with Crippen molar-refractivity contribution in [2.24, 2.45) is 0 Å². The van der Waals surface area contributed by atoms with Crippen LogP contribution in [-0.2, 0) is 5.75 Å². The highest BCUT2D eigenvalue weighted by Crippen LogP contribution is 2.24. The van der Waals surface area contributed by atoms with Crippen molar-refractivity contribution in [1.29, 1.82) is 0 Å². The fraction of sp³-hybridized carbons (Fsp3) is 0.385. The molecule has 2 heterocycles. The molecule has 0 bridgehead atoms. The molecule has 1 amide bonds. The summed E-state index contributed by atoms with van der Waals surface area (Å²) >= 11 is 3.43. The first-order valence-electron chi connectivity index (χ1n) is 11.6. The summed E-state index contributed by atoms with van der Waals surface area (Å²) in [5.41, 5.74) is 3.16. The number of thioether (sulfide) groups is 1. The molecule has 0 saturated carbocycles. The van der Waals surface area contributed by atoms with Gasteiger partial charge in [-0.15, -0.1) is 23.1 Å². The Morgan fingerprint density at radius 2 is 1.79 bits per heavy atom. The predicted molar refractivity (Wildman–Crippen MR) is 140 cm³/mol. The summed E-state index contributed by atoms with van der Waals surface area (Å²) in [4.78, 5) is 23.1. The number of anilines is 1. The van der Waals surface area contributed by atoms with Gasteiger partial charge in [0.05, 0.1) is 10.7 Å². The summed E-state index contributed by atoms with van der Waals surface area (Å²) < 4.78 is 0. The number of para-hydroxylation sites is 1. The SMILES string of the molecule is Cc1nc(CSc2ccc(C(=O)NCCCCN3CCN(c4ccccc4)CC3)cc2)cs1. The second-order valence-corrected chi connectivity index (χ2v) is 10.4. The van der Waals surface area contributed by atoms with Gasteiger partial charge in [0.2, 0.25) is 0 Å². The minimum atomic E-state index is 0.0122. The third-order valence-corrected chi connectivity index (χ3v) is 7.72. The largest absolute Gasteiger partial charge is 0.369 e. The number of hydrogen-bond donors (Lipinski definition) is 1. The lowest BCUT2D eigenvalue weighted by Gasteiger charge is -2.36. The van der Waals surface area contributed by atoms with E-state index in [-0.39, 0.29) is 5.91 Å². The molecular weight excluding hydrogens is 448 g/mol. The molecule has 0 aliphatic carbocycles. The van der Waals surface area contributed by atoms with Crippen molar-refractivity contribution in [2.45, 2.75) is 30.4 Å². The molecule has 7 heteroatoms. The first-order valence-corrected chi connectivity index (χ1v) is 13.5. The van der Waals surface area contributed by atoms with Gasteiger partial charge in [-0.05, 0) is 62.7 Å². The van der Waals surface area contributed by atoms with Gasteiger partial charge in [-0.25, -0.2) is 4.98 Å². The maximum atomic E-state index is 12.4. The number of rotatable bonds is 10. The molecule has 174 valence electrons. The van der Waals surface area contributed by atoms with Crippen molar-refractivity contribution in [2.75, 3.05) is 44.2 Å². The van der Waals surface area contributed by atoms with E-state index in [2.05, 4.69) is 55.8 Å². The van der Waals surface area contributed by atoms with Crippen molar-refractivity contribution < 1.29 is 4.79 Å². The lowest BCUT2D eigenvalue weighted by Crippen LogP contribution is -2.46. The van der Waals surface area contributed by atoms with E-state index >= 15 is 0 Å². The highest BCUT2D eigenvalue weighted by molar-refractivity contribution is 7.98. The van der Waals surface area contributed by atoms with E-state index in [0.717, 1.165) is 79.0 Å². The number of hydrogen-bond acceptors (Lipinski definition) is 6. The monoisotopic (exact) mass is 480 g/mol. The van der Waals surface area contributed by atoms with Gasteiger partial charge in [0.15, 0.2) is 0 Å². The van der Waals surface area contributed by atoms with Gasteiger partial charge in [-0.1, -0.05) is 18.2 Å². The zero-order chi connectivity index (χ0) is 22.9. The van der Waals surface area contributed by atoms with Gasteiger partial charge in [-0.3, -0.25) is 9.69 Å². The number of unbranched alkanes of at least 4 members (excludes halogenated alkanes) is 1. The molecule has 0 spiro atoms. The number of piperazine rings is 1. The predicted octanol–water partition coefficient (Wildman–Crippen LogP) is 5.08. The number of nitrogens with one attached hydrogen (secondary N) is 1. The average molecular weight is 481 g/mol. The van der Waals surface area contributed by atoms with Crippen molar-refractivity contribution >= 4 is 34.7 Å². The highest BCUT2D eigenvalue weighted by Gasteiger charge is 2.16. The Morgan fingerprint density at radius 3 is 2.48 bits per heavy atom. The summed E-state index contributed by atoms with van der Waals surface area (Å²) in [6, 6.07) is 18.5. The van der Waals surface area contributed by atoms with Crippen LogP contribution in [0.5, 0.6) is 0 Å². The molecule has 0 atom stereocenters. The lowest BCUT2D eigenvalue weighted by atomic mass is 10.2. The number of thiazole rings is 1. The minimum Gasteiger partial charge on any atom is -0.369 e. The molecule has 1 aromatic heterocycles. The van der Waals surface area contributed by atoms with Crippen molar-refractivity contribution in [3.05, 3.63) is 76.2 Å². The van der Waals surface area contributed by atoms with Crippen LogP contribution in [0.1, 0.15) is 33.9 Å². The number of benzene rings is 2. The van der Waals surface area contributed by atoms with Crippen molar-refractivity contribution in [3.63, 3.8) is 0 Å². The summed E-state index contributed by atoms with van der Waals surface area (Å²) in [5.74, 6) is 0.870. The van der Waals surface area contributed by atoms with Crippen LogP contribution in [0.3, 0.4) is 0 Å². The molecule has 3 aromatic rings. The van der Waals surface area contributed by atoms with Gasteiger partial charge >= 0.3 is 0 Å². The third-order valence-electron chi connectivity index (χ3n) is 5.85. The highest BCUT2D eigenvalue weighted by atomic mass is 32.2. The maximum absolute atomic E-state index is 12.4. The van der Waals surface area contributed by atoms with Crippen LogP contribution in [0, 0.1) is 6.92 Å². The molecule has 2 aromatic carbocycles. The molecule has 1 N–H and O–H groups in total. The van der Waals surface area contributed by atoms with Gasteiger partial charge in [0, 0.05) is 60.0 Å². The molecule has 0 unspecified atom stereocenters. The van der Waals surface area contributed by atoms with Gasteiger partial charge in [-0.2, -0.15) is 0 Å². The van der Waals surface area contributed by atoms with Crippen LogP contribution in [0.25, 0.3) is 0 Å². The smallest absolute Gasteiger partial charge is 0.251 e. The van der Waals surface area contributed by atoms with Crippen LogP contribution >= 0.6 is 23.1 Å². The number of aryl methyl sites for hydroxylation is 1. The van der Waals surface area contributed by atoms with E-state index in [1.807, 2.05) is 31.2 Å². The fourth-order valence-corrected chi connectivity index (χ4v) is 5.48. The molecule has 4 rings (SSSR count). The second-order valence-electron chi connectivity index (χ2n) is 8.30. The summed E-state index contributed by atoms with van der Waals surface area (Å²) in [6.07, 6.45) is 2.11. The lowest BCUT2D eigenvalue weighted by molar-refractivity contribution is 0.0952. The van der Waals surface area contributed by atoms with E-state index in [0.29, 0.717) is 0 Å². The molecule has 0 radical (unpaired) electrons. The Morgan fingerprint density at radius 1 is 1.03 bits per heavy atom. The number of aromatic nitrogens is 1. The number of carbonyl (C=O) groups excluding carboxylic acids is 1. The Labute approximate surface area is 205 Å². The first-order chi connectivity index (χ1) is 16.2. The topological polar surface area (TPSA) is 48.5 Å². The van der Waals surface area contributed by atoms with E-state index < -0.39 is 0 Å². The average Bonchev–Trinajstić information content (AvgIpc) is 3.28. The second kappa shape index (κ2) is 12.2. The zero-order valence-electron chi connectivity index (χ0n) is 19.2. The van der Waals surface area contributed by atoms with Gasteiger partial charge < -0.3 is 10.2 Å². The molecule has 33 heavy (non-hydrogen) atoms. The Balaban J connectivity index is 1.09. The van der Waals surface area contributed by atoms with Gasteiger partial charge in [0.1, 0.15) is 0 Å². The van der Waals surface area contributed by atoms with E-state index in [4.69, 9.17) is 0 Å². The Hall–Kier alpha value is -2.35.